The van der Waals surface area contributed by atoms with Crippen molar-refractivity contribution in [2.45, 2.75) is 51.6 Å². The van der Waals surface area contributed by atoms with Crippen LogP contribution < -0.4 is 5.73 Å². The summed E-state index contributed by atoms with van der Waals surface area (Å²) in [6.07, 6.45) is 5.06. The number of nitrogens with zero attached hydrogens (tertiary/aromatic N) is 1. The summed E-state index contributed by atoms with van der Waals surface area (Å²) in [5.74, 6) is 0.872. The van der Waals surface area contributed by atoms with E-state index >= 15 is 0 Å². The highest BCUT2D eigenvalue weighted by molar-refractivity contribution is 7.10. The van der Waals surface area contributed by atoms with Gasteiger partial charge >= 0.3 is 0 Å². The van der Waals surface area contributed by atoms with Crippen molar-refractivity contribution in [2.24, 2.45) is 11.7 Å². The van der Waals surface area contributed by atoms with E-state index in [4.69, 9.17) is 5.73 Å². The van der Waals surface area contributed by atoms with Crippen LogP contribution in [0, 0.1) is 5.92 Å². The molecule has 1 fully saturated rings. The summed E-state index contributed by atoms with van der Waals surface area (Å²) in [5.41, 5.74) is 6.39. The molecule has 1 aromatic rings. The van der Waals surface area contributed by atoms with Crippen LogP contribution in [0.4, 0.5) is 0 Å². The molecule has 0 saturated carbocycles. The normalized spacial score (nSPS) is 25.6. The van der Waals surface area contributed by atoms with Gasteiger partial charge in [0, 0.05) is 10.9 Å². The molecule has 3 unspecified atom stereocenters. The van der Waals surface area contributed by atoms with Crippen LogP contribution in [0.25, 0.3) is 0 Å². The summed E-state index contributed by atoms with van der Waals surface area (Å²) in [7, 11) is 0. The minimum atomic E-state index is 0.261. The first kappa shape index (κ1) is 14.0. The minimum Gasteiger partial charge on any atom is -0.326 e. The Morgan fingerprint density at radius 3 is 2.94 bits per heavy atom. The summed E-state index contributed by atoms with van der Waals surface area (Å²) in [5, 5.41) is 2.17. The zero-order valence-corrected chi connectivity index (χ0v) is 12.5. The van der Waals surface area contributed by atoms with Gasteiger partial charge in [0.05, 0.1) is 6.04 Å². The molecule has 3 heteroatoms. The van der Waals surface area contributed by atoms with Crippen molar-refractivity contribution in [3.63, 3.8) is 0 Å². The van der Waals surface area contributed by atoms with Crippen LogP contribution in [0.2, 0.25) is 0 Å². The SMILES string of the molecule is CCC(N)C(c1cccs1)N1CCCC(C)CC1. The molecule has 0 radical (unpaired) electrons. The fraction of sp³-hybridized carbons (Fsp3) is 0.733. The molecule has 2 rings (SSSR count). The van der Waals surface area contributed by atoms with Crippen LogP contribution in [0.15, 0.2) is 17.5 Å². The summed E-state index contributed by atoms with van der Waals surface area (Å²) in [6.45, 7) is 6.99. The number of hydrogen-bond acceptors (Lipinski definition) is 3. The molecule has 2 heterocycles. The molecular formula is C15H26N2S. The first-order valence-electron chi connectivity index (χ1n) is 7.25. The predicted octanol–water partition coefficient (Wildman–Crippen LogP) is 3.65. The van der Waals surface area contributed by atoms with Crippen LogP contribution in [-0.2, 0) is 0 Å². The molecule has 2 nitrogen and oxygen atoms in total. The Morgan fingerprint density at radius 1 is 1.44 bits per heavy atom. The van der Waals surface area contributed by atoms with Gasteiger partial charge in [0.25, 0.3) is 0 Å². The van der Waals surface area contributed by atoms with E-state index in [1.165, 1.54) is 37.2 Å². The van der Waals surface area contributed by atoms with Crippen molar-refractivity contribution in [2.75, 3.05) is 13.1 Å². The van der Waals surface area contributed by atoms with Gasteiger partial charge in [-0.2, -0.15) is 0 Å². The van der Waals surface area contributed by atoms with Gasteiger partial charge in [0.1, 0.15) is 0 Å². The van der Waals surface area contributed by atoms with E-state index in [2.05, 4.69) is 36.3 Å². The van der Waals surface area contributed by atoms with Gasteiger partial charge in [0.2, 0.25) is 0 Å². The monoisotopic (exact) mass is 266 g/mol. The van der Waals surface area contributed by atoms with Gasteiger partial charge in [-0.3, -0.25) is 4.90 Å². The molecule has 18 heavy (non-hydrogen) atoms. The van der Waals surface area contributed by atoms with Crippen molar-refractivity contribution in [3.05, 3.63) is 22.4 Å². The number of thiophene rings is 1. The van der Waals surface area contributed by atoms with E-state index in [0.717, 1.165) is 12.3 Å². The maximum atomic E-state index is 6.39. The average molecular weight is 266 g/mol. The highest BCUT2D eigenvalue weighted by Gasteiger charge is 2.27. The van der Waals surface area contributed by atoms with Crippen LogP contribution in [0.1, 0.15) is 50.4 Å². The van der Waals surface area contributed by atoms with E-state index in [1.54, 1.807) is 0 Å². The number of likely N-dealkylation sites (tertiary alicyclic amines) is 1. The lowest BCUT2D eigenvalue weighted by Crippen LogP contribution is -2.41. The van der Waals surface area contributed by atoms with Crippen LogP contribution in [-0.4, -0.2) is 24.0 Å². The summed E-state index contributed by atoms with van der Waals surface area (Å²) in [6, 6.07) is 5.09. The standard InChI is InChI=1S/C15H26N2S/c1-3-13(16)15(14-7-5-11-18-14)17-9-4-6-12(2)8-10-17/h5,7,11-13,15H,3-4,6,8-10,16H2,1-2H3. The second kappa shape index (κ2) is 6.69. The third kappa shape index (κ3) is 3.34. The van der Waals surface area contributed by atoms with Crippen molar-refractivity contribution in [3.8, 4) is 0 Å². The molecule has 0 amide bonds. The second-order valence-corrected chi connectivity index (χ2v) is 6.58. The Bertz CT molecular complexity index is 336. The van der Waals surface area contributed by atoms with Gasteiger partial charge in [-0.05, 0) is 56.1 Å². The highest BCUT2D eigenvalue weighted by atomic mass is 32.1. The van der Waals surface area contributed by atoms with E-state index in [1.807, 2.05) is 11.3 Å². The Morgan fingerprint density at radius 2 is 2.28 bits per heavy atom. The molecule has 3 atom stereocenters. The second-order valence-electron chi connectivity index (χ2n) is 5.60. The van der Waals surface area contributed by atoms with Gasteiger partial charge in [-0.1, -0.05) is 19.9 Å². The molecule has 102 valence electrons. The van der Waals surface area contributed by atoms with Gasteiger partial charge in [0.15, 0.2) is 0 Å². The summed E-state index contributed by atoms with van der Waals surface area (Å²) >= 11 is 1.85. The molecular weight excluding hydrogens is 240 g/mol. The number of rotatable bonds is 4. The van der Waals surface area contributed by atoms with E-state index in [-0.39, 0.29) is 6.04 Å². The predicted molar refractivity (Wildman–Crippen MR) is 79.9 cm³/mol. The summed E-state index contributed by atoms with van der Waals surface area (Å²) in [4.78, 5) is 4.07. The lowest BCUT2D eigenvalue weighted by molar-refractivity contribution is 0.176. The fourth-order valence-electron chi connectivity index (χ4n) is 2.91. The van der Waals surface area contributed by atoms with Crippen LogP contribution in [0.5, 0.6) is 0 Å². The molecule has 0 aromatic carbocycles. The highest BCUT2D eigenvalue weighted by Crippen LogP contribution is 2.31. The Kier molecular flexibility index (Phi) is 5.22. The third-order valence-electron chi connectivity index (χ3n) is 4.16. The zero-order chi connectivity index (χ0) is 13.0. The maximum Gasteiger partial charge on any atom is 0.0593 e. The maximum absolute atomic E-state index is 6.39. The quantitative estimate of drug-likeness (QED) is 0.901. The van der Waals surface area contributed by atoms with Crippen molar-refractivity contribution >= 4 is 11.3 Å². The molecule has 0 aliphatic carbocycles. The molecule has 1 aliphatic rings. The van der Waals surface area contributed by atoms with E-state index < -0.39 is 0 Å². The number of nitrogens with two attached hydrogens (primary N) is 1. The summed E-state index contributed by atoms with van der Waals surface area (Å²) < 4.78 is 0. The van der Waals surface area contributed by atoms with Crippen molar-refractivity contribution in [1.29, 1.82) is 0 Å². The Labute approximate surface area is 115 Å². The topological polar surface area (TPSA) is 29.3 Å². The zero-order valence-electron chi connectivity index (χ0n) is 11.6. The Hall–Kier alpha value is -0.380. The van der Waals surface area contributed by atoms with Crippen molar-refractivity contribution in [1.82, 2.24) is 4.90 Å². The number of hydrogen-bond donors (Lipinski definition) is 1. The lowest BCUT2D eigenvalue weighted by Gasteiger charge is -2.34. The minimum absolute atomic E-state index is 0.261. The van der Waals surface area contributed by atoms with E-state index in [0.29, 0.717) is 6.04 Å². The van der Waals surface area contributed by atoms with Crippen molar-refractivity contribution < 1.29 is 0 Å². The Balaban J connectivity index is 2.13. The lowest BCUT2D eigenvalue weighted by atomic mass is 10.0. The molecule has 0 bridgehead atoms. The van der Waals surface area contributed by atoms with Gasteiger partial charge < -0.3 is 5.73 Å². The molecule has 1 aliphatic heterocycles. The largest absolute Gasteiger partial charge is 0.326 e. The molecule has 0 spiro atoms. The fourth-order valence-corrected chi connectivity index (χ4v) is 3.84. The first-order valence-corrected chi connectivity index (χ1v) is 8.13. The van der Waals surface area contributed by atoms with Crippen LogP contribution >= 0.6 is 11.3 Å². The average Bonchev–Trinajstić information content (AvgIpc) is 2.80. The van der Waals surface area contributed by atoms with Gasteiger partial charge in [-0.25, -0.2) is 0 Å². The molecule has 1 aromatic heterocycles. The van der Waals surface area contributed by atoms with Gasteiger partial charge in [-0.15, -0.1) is 11.3 Å². The smallest absolute Gasteiger partial charge is 0.0593 e. The van der Waals surface area contributed by atoms with E-state index in [9.17, 15) is 0 Å². The molecule has 2 N–H and O–H groups in total. The first-order chi connectivity index (χ1) is 8.72. The van der Waals surface area contributed by atoms with Crippen LogP contribution in [0.3, 0.4) is 0 Å². The molecule has 1 saturated heterocycles. The third-order valence-corrected chi connectivity index (χ3v) is 5.10.